The Balaban J connectivity index is 1.88. The Morgan fingerprint density at radius 3 is 2.47 bits per heavy atom. The van der Waals surface area contributed by atoms with E-state index in [0.717, 1.165) is 10.4 Å². The van der Waals surface area contributed by atoms with Crippen molar-refractivity contribution in [2.75, 3.05) is 10.0 Å². The molecule has 170 valence electrons. The summed E-state index contributed by atoms with van der Waals surface area (Å²) < 4.78 is 28.0. The molecule has 0 aliphatic heterocycles. The molecule has 3 rings (SSSR count). The lowest BCUT2D eigenvalue weighted by atomic mass is 10.1. The smallest absolute Gasteiger partial charge is 0.261 e. The number of amides is 1. The molecule has 32 heavy (non-hydrogen) atoms. The average Bonchev–Trinajstić information content (AvgIpc) is 3.09. The summed E-state index contributed by atoms with van der Waals surface area (Å²) in [6.07, 6.45) is 1.53. The molecule has 1 atom stereocenters. The van der Waals surface area contributed by atoms with Gasteiger partial charge in [-0.2, -0.15) is 0 Å². The molecule has 2 aromatic heterocycles. The quantitative estimate of drug-likeness (QED) is 0.423. The number of halogens is 1. The van der Waals surface area contributed by atoms with Gasteiger partial charge in [-0.05, 0) is 38.0 Å². The lowest BCUT2D eigenvalue weighted by Crippen LogP contribution is -2.39. The molecule has 1 aromatic carbocycles. The van der Waals surface area contributed by atoms with Crippen molar-refractivity contribution >= 4 is 49.7 Å². The van der Waals surface area contributed by atoms with E-state index in [-0.39, 0.29) is 27.6 Å². The van der Waals surface area contributed by atoms with Gasteiger partial charge in [-0.1, -0.05) is 54.5 Å². The van der Waals surface area contributed by atoms with E-state index in [2.05, 4.69) is 20.0 Å². The SMILES string of the molecule is Cc1ccc(S(=O)(=O)Nc2cc(-c3sc(NC(=O)[C@@H](N)C(C)C)nc3C)cnc2Cl)cc1. The van der Waals surface area contributed by atoms with Crippen LogP contribution in [0.4, 0.5) is 10.8 Å². The summed E-state index contributed by atoms with van der Waals surface area (Å²) in [6.45, 7) is 7.38. The molecule has 0 saturated heterocycles. The van der Waals surface area contributed by atoms with Gasteiger partial charge in [-0.15, -0.1) is 0 Å². The molecule has 3 aromatic rings. The third kappa shape index (κ3) is 5.44. The Morgan fingerprint density at radius 1 is 1.19 bits per heavy atom. The number of carbonyl (C=O) groups excluding carboxylic acids is 1. The number of rotatable bonds is 7. The van der Waals surface area contributed by atoms with E-state index in [1.54, 1.807) is 25.1 Å². The zero-order valence-corrected chi connectivity index (χ0v) is 20.4. The monoisotopic (exact) mass is 493 g/mol. The zero-order valence-electron chi connectivity index (χ0n) is 18.0. The number of nitrogens with two attached hydrogens (primary N) is 1. The van der Waals surface area contributed by atoms with E-state index < -0.39 is 16.1 Å². The summed E-state index contributed by atoms with van der Waals surface area (Å²) in [5, 5.41) is 3.14. The molecule has 0 aliphatic carbocycles. The number of thiazole rings is 1. The molecule has 0 bridgehead atoms. The first kappa shape index (κ1) is 24.1. The number of hydrogen-bond donors (Lipinski definition) is 3. The predicted molar refractivity (Wildman–Crippen MR) is 129 cm³/mol. The first-order chi connectivity index (χ1) is 15.0. The Morgan fingerprint density at radius 2 is 1.84 bits per heavy atom. The zero-order chi connectivity index (χ0) is 23.6. The maximum atomic E-state index is 12.8. The fraction of sp³-hybridized carbons (Fsp3) is 0.286. The fourth-order valence-corrected chi connectivity index (χ4v) is 4.99. The van der Waals surface area contributed by atoms with Gasteiger partial charge in [0, 0.05) is 11.8 Å². The van der Waals surface area contributed by atoms with E-state index in [1.165, 1.54) is 29.7 Å². The number of aryl methyl sites for hydroxylation is 2. The Hall–Kier alpha value is -2.53. The van der Waals surface area contributed by atoms with Gasteiger partial charge in [-0.25, -0.2) is 18.4 Å². The summed E-state index contributed by atoms with van der Waals surface area (Å²) in [5.74, 6) is -0.332. The molecule has 0 radical (unpaired) electrons. The van der Waals surface area contributed by atoms with E-state index in [1.807, 2.05) is 20.8 Å². The number of nitrogens with one attached hydrogen (secondary N) is 2. The standard InChI is InChI=1S/C21H24ClN5O3S2/c1-11(2)17(23)20(28)26-21-25-13(4)18(31-21)14-9-16(19(22)24-10-14)27-32(29,30)15-7-5-12(3)6-8-15/h5-11,17,27H,23H2,1-4H3,(H,25,26,28)/t17-/m0/s1. The van der Waals surface area contributed by atoms with Gasteiger partial charge in [0.15, 0.2) is 10.3 Å². The summed E-state index contributed by atoms with van der Waals surface area (Å²) in [4.78, 5) is 21.6. The average molecular weight is 494 g/mol. The van der Waals surface area contributed by atoms with Crippen molar-refractivity contribution in [1.29, 1.82) is 0 Å². The fourth-order valence-electron chi connectivity index (χ4n) is 2.77. The van der Waals surface area contributed by atoms with Crippen LogP contribution in [0, 0.1) is 19.8 Å². The van der Waals surface area contributed by atoms with Crippen LogP contribution in [0.15, 0.2) is 41.4 Å². The van der Waals surface area contributed by atoms with Crippen molar-refractivity contribution in [2.45, 2.75) is 38.6 Å². The Bertz CT molecular complexity index is 1240. The molecule has 2 heterocycles. The van der Waals surface area contributed by atoms with Crippen LogP contribution in [-0.4, -0.2) is 30.3 Å². The summed E-state index contributed by atoms with van der Waals surface area (Å²) in [7, 11) is -3.85. The normalized spacial score (nSPS) is 12.6. The van der Waals surface area contributed by atoms with Gasteiger partial charge in [0.25, 0.3) is 10.0 Å². The van der Waals surface area contributed by atoms with Crippen molar-refractivity contribution in [2.24, 2.45) is 11.7 Å². The van der Waals surface area contributed by atoms with Crippen LogP contribution in [-0.2, 0) is 14.8 Å². The molecule has 11 heteroatoms. The highest BCUT2D eigenvalue weighted by Gasteiger charge is 2.21. The lowest BCUT2D eigenvalue weighted by Gasteiger charge is -2.13. The predicted octanol–water partition coefficient (Wildman–Crippen LogP) is 4.20. The van der Waals surface area contributed by atoms with E-state index in [0.29, 0.717) is 16.4 Å². The number of hydrogen-bond acceptors (Lipinski definition) is 7. The minimum atomic E-state index is -3.85. The lowest BCUT2D eigenvalue weighted by molar-refractivity contribution is -0.118. The number of sulfonamides is 1. The molecular weight excluding hydrogens is 470 g/mol. The van der Waals surface area contributed by atoms with Crippen molar-refractivity contribution in [3.05, 3.63) is 52.9 Å². The van der Waals surface area contributed by atoms with Crippen molar-refractivity contribution in [1.82, 2.24) is 9.97 Å². The molecule has 0 aliphatic rings. The van der Waals surface area contributed by atoms with Crippen LogP contribution in [0.1, 0.15) is 25.1 Å². The number of aromatic nitrogens is 2. The molecule has 4 N–H and O–H groups in total. The highest BCUT2D eigenvalue weighted by atomic mass is 35.5. The summed E-state index contributed by atoms with van der Waals surface area (Å²) >= 11 is 7.40. The maximum Gasteiger partial charge on any atom is 0.261 e. The van der Waals surface area contributed by atoms with Gasteiger partial charge in [0.05, 0.1) is 27.2 Å². The summed E-state index contributed by atoms with van der Waals surface area (Å²) in [6, 6.07) is 7.41. The summed E-state index contributed by atoms with van der Waals surface area (Å²) in [5.41, 5.74) is 8.24. The number of carbonyl (C=O) groups is 1. The number of nitrogens with zero attached hydrogens (tertiary/aromatic N) is 2. The van der Waals surface area contributed by atoms with Gasteiger partial charge in [0.2, 0.25) is 5.91 Å². The Kier molecular flexibility index (Phi) is 7.19. The van der Waals surface area contributed by atoms with Gasteiger partial charge >= 0.3 is 0 Å². The minimum Gasteiger partial charge on any atom is -0.320 e. The molecule has 0 saturated carbocycles. The molecule has 8 nitrogen and oxygen atoms in total. The molecular formula is C21H24ClN5O3S2. The van der Waals surface area contributed by atoms with E-state index in [4.69, 9.17) is 17.3 Å². The van der Waals surface area contributed by atoms with Crippen LogP contribution in [0.5, 0.6) is 0 Å². The van der Waals surface area contributed by atoms with Crippen molar-refractivity contribution in [3.8, 4) is 10.4 Å². The number of anilines is 2. The number of benzene rings is 1. The maximum absolute atomic E-state index is 12.8. The Labute approximate surface area is 196 Å². The highest BCUT2D eigenvalue weighted by molar-refractivity contribution is 7.92. The van der Waals surface area contributed by atoms with Crippen LogP contribution < -0.4 is 15.8 Å². The molecule has 0 fully saturated rings. The van der Waals surface area contributed by atoms with Crippen molar-refractivity contribution < 1.29 is 13.2 Å². The second-order valence-electron chi connectivity index (χ2n) is 7.67. The second kappa shape index (κ2) is 9.53. The van der Waals surface area contributed by atoms with Crippen LogP contribution >= 0.6 is 22.9 Å². The van der Waals surface area contributed by atoms with Gasteiger partial charge in [0.1, 0.15) is 0 Å². The van der Waals surface area contributed by atoms with Crippen LogP contribution in [0.25, 0.3) is 10.4 Å². The third-order valence-corrected chi connectivity index (χ3v) is 7.53. The molecule has 0 unspecified atom stereocenters. The highest BCUT2D eigenvalue weighted by Crippen LogP contribution is 2.35. The second-order valence-corrected chi connectivity index (χ2v) is 10.7. The van der Waals surface area contributed by atoms with Crippen LogP contribution in [0.3, 0.4) is 0 Å². The largest absolute Gasteiger partial charge is 0.320 e. The molecule has 1 amide bonds. The van der Waals surface area contributed by atoms with Gasteiger partial charge < -0.3 is 11.1 Å². The minimum absolute atomic E-state index is 0.0138. The van der Waals surface area contributed by atoms with Crippen LogP contribution in [0.2, 0.25) is 5.15 Å². The van der Waals surface area contributed by atoms with Gasteiger partial charge in [-0.3, -0.25) is 9.52 Å². The van der Waals surface area contributed by atoms with E-state index in [9.17, 15) is 13.2 Å². The van der Waals surface area contributed by atoms with E-state index >= 15 is 0 Å². The third-order valence-electron chi connectivity index (χ3n) is 4.72. The number of pyridine rings is 1. The first-order valence-corrected chi connectivity index (χ1v) is 12.4. The molecule has 0 spiro atoms. The topological polar surface area (TPSA) is 127 Å². The first-order valence-electron chi connectivity index (χ1n) is 9.77. The van der Waals surface area contributed by atoms with Crippen molar-refractivity contribution in [3.63, 3.8) is 0 Å².